The number of ketones is 1. The fourth-order valence-electron chi connectivity index (χ4n) is 3.17. The lowest BCUT2D eigenvalue weighted by Gasteiger charge is -2.24. The highest BCUT2D eigenvalue weighted by atomic mass is 19.1. The lowest BCUT2D eigenvalue weighted by atomic mass is 9.81. The summed E-state index contributed by atoms with van der Waals surface area (Å²) in [6.45, 7) is 0.799. The number of rotatable bonds is 3. The van der Waals surface area contributed by atoms with Crippen molar-refractivity contribution in [2.24, 2.45) is 0 Å². The predicted molar refractivity (Wildman–Crippen MR) is 77.1 cm³/mol. The second-order valence-corrected chi connectivity index (χ2v) is 5.78. The molecule has 1 aliphatic carbocycles. The Morgan fingerprint density at radius 2 is 2.19 bits per heavy atom. The zero-order valence-corrected chi connectivity index (χ0v) is 11.8. The minimum atomic E-state index is -0.820. The monoisotopic (exact) mass is 290 g/mol. The van der Waals surface area contributed by atoms with Crippen LogP contribution in [0.15, 0.2) is 24.3 Å². The van der Waals surface area contributed by atoms with Gasteiger partial charge in [-0.05, 0) is 18.4 Å². The van der Waals surface area contributed by atoms with Gasteiger partial charge in [0, 0.05) is 31.1 Å². The Labute approximate surface area is 123 Å². The Kier molecular flexibility index (Phi) is 4.01. The fraction of sp³-hybridized carbons (Fsp3) is 0.500. The van der Waals surface area contributed by atoms with E-state index in [1.54, 1.807) is 6.07 Å². The van der Waals surface area contributed by atoms with Gasteiger partial charge in [-0.1, -0.05) is 24.3 Å². The number of Topliss-reactive ketones (excluding diaryl/α,β-unsaturated/α-hetero) is 1. The van der Waals surface area contributed by atoms with Crippen molar-refractivity contribution in [3.8, 4) is 0 Å². The first-order valence-corrected chi connectivity index (χ1v) is 7.42. The molecule has 0 saturated carbocycles. The van der Waals surface area contributed by atoms with Crippen LogP contribution in [0.1, 0.15) is 41.1 Å². The van der Waals surface area contributed by atoms with Crippen molar-refractivity contribution in [3.05, 3.63) is 35.4 Å². The van der Waals surface area contributed by atoms with Crippen LogP contribution in [0, 0.1) is 0 Å². The lowest BCUT2D eigenvalue weighted by molar-refractivity contribution is -0.122. The Bertz CT molecular complexity index is 561. The zero-order valence-electron chi connectivity index (χ0n) is 11.8. The van der Waals surface area contributed by atoms with Crippen LogP contribution in [0.4, 0.5) is 4.39 Å². The van der Waals surface area contributed by atoms with Gasteiger partial charge >= 0.3 is 0 Å². The molecule has 1 amide bonds. The molecule has 21 heavy (non-hydrogen) atoms. The first-order chi connectivity index (χ1) is 10.1. The Morgan fingerprint density at radius 1 is 1.38 bits per heavy atom. The van der Waals surface area contributed by atoms with Gasteiger partial charge in [-0.15, -0.1) is 0 Å². The van der Waals surface area contributed by atoms with Gasteiger partial charge in [0.05, 0.1) is 5.92 Å². The minimum Gasteiger partial charge on any atom is -0.354 e. The molecule has 0 radical (unpaired) electrons. The maximum atomic E-state index is 13.1. The Balaban J connectivity index is 1.65. The van der Waals surface area contributed by atoms with E-state index in [0.717, 1.165) is 5.56 Å². The van der Waals surface area contributed by atoms with E-state index in [4.69, 9.17) is 0 Å². The summed E-state index contributed by atoms with van der Waals surface area (Å²) in [6, 6.07) is 7.31. The molecule has 1 aliphatic heterocycles. The van der Waals surface area contributed by atoms with Gasteiger partial charge in [-0.3, -0.25) is 9.59 Å². The largest absolute Gasteiger partial charge is 0.354 e. The second kappa shape index (κ2) is 5.93. The van der Waals surface area contributed by atoms with Crippen molar-refractivity contribution in [2.45, 2.75) is 37.4 Å². The van der Waals surface area contributed by atoms with E-state index in [1.807, 2.05) is 18.2 Å². The molecule has 1 heterocycles. The summed E-state index contributed by atoms with van der Waals surface area (Å²) in [5.41, 5.74) is 1.47. The number of amides is 1. The third kappa shape index (κ3) is 2.97. The van der Waals surface area contributed by atoms with Crippen LogP contribution in [0.5, 0.6) is 0 Å². The van der Waals surface area contributed by atoms with Crippen LogP contribution >= 0.6 is 0 Å². The van der Waals surface area contributed by atoms with E-state index in [2.05, 4.69) is 10.6 Å². The Hall–Kier alpha value is -1.75. The van der Waals surface area contributed by atoms with Gasteiger partial charge in [-0.25, -0.2) is 4.39 Å². The summed E-state index contributed by atoms with van der Waals surface area (Å²) in [5.74, 6) is -0.243. The van der Waals surface area contributed by atoms with E-state index >= 15 is 0 Å². The molecule has 2 aliphatic rings. The maximum Gasteiger partial charge on any atom is 0.227 e. The number of hydrogen-bond donors (Lipinski definition) is 2. The van der Waals surface area contributed by atoms with Crippen molar-refractivity contribution in [3.63, 3.8) is 0 Å². The number of halogens is 1. The van der Waals surface area contributed by atoms with E-state index in [1.165, 1.54) is 0 Å². The van der Waals surface area contributed by atoms with Crippen LogP contribution in [-0.4, -0.2) is 37.0 Å². The SMILES string of the molecule is O=C1CCC(C(=O)NC[C@@H]2C[C@H](F)CN2)c2ccccc21. The number of carbonyl (C=O) groups is 2. The molecule has 1 unspecified atom stereocenters. The normalized spacial score (nSPS) is 28.2. The highest BCUT2D eigenvalue weighted by Crippen LogP contribution is 2.31. The van der Waals surface area contributed by atoms with Crippen LogP contribution in [0.3, 0.4) is 0 Å². The van der Waals surface area contributed by atoms with Gasteiger partial charge in [0.25, 0.3) is 0 Å². The third-order valence-corrected chi connectivity index (χ3v) is 4.30. The molecule has 3 rings (SSSR count). The molecular weight excluding hydrogens is 271 g/mol. The summed E-state index contributed by atoms with van der Waals surface area (Å²) >= 11 is 0. The average Bonchev–Trinajstić information content (AvgIpc) is 2.91. The van der Waals surface area contributed by atoms with E-state index in [-0.39, 0.29) is 23.7 Å². The van der Waals surface area contributed by atoms with E-state index in [9.17, 15) is 14.0 Å². The number of fused-ring (bicyclic) bond motifs is 1. The second-order valence-electron chi connectivity index (χ2n) is 5.78. The average molecular weight is 290 g/mol. The highest BCUT2D eigenvalue weighted by Gasteiger charge is 2.31. The smallest absolute Gasteiger partial charge is 0.227 e. The Morgan fingerprint density at radius 3 is 2.95 bits per heavy atom. The molecule has 4 nitrogen and oxygen atoms in total. The van der Waals surface area contributed by atoms with Crippen LogP contribution < -0.4 is 10.6 Å². The molecule has 2 N–H and O–H groups in total. The molecule has 1 aromatic rings. The highest BCUT2D eigenvalue weighted by molar-refractivity contribution is 6.01. The van der Waals surface area contributed by atoms with Crippen LogP contribution in [0.2, 0.25) is 0 Å². The van der Waals surface area contributed by atoms with Crippen molar-refractivity contribution in [1.29, 1.82) is 0 Å². The van der Waals surface area contributed by atoms with E-state index < -0.39 is 6.17 Å². The van der Waals surface area contributed by atoms with Crippen molar-refractivity contribution >= 4 is 11.7 Å². The summed E-state index contributed by atoms with van der Waals surface area (Å²) in [7, 11) is 0. The summed E-state index contributed by atoms with van der Waals surface area (Å²) in [6.07, 6.45) is 0.578. The zero-order chi connectivity index (χ0) is 14.8. The van der Waals surface area contributed by atoms with Gasteiger partial charge in [0.15, 0.2) is 5.78 Å². The topological polar surface area (TPSA) is 58.2 Å². The maximum absolute atomic E-state index is 13.1. The quantitative estimate of drug-likeness (QED) is 0.888. The minimum absolute atomic E-state index is 0.00409. The lowest BCUT2D eigenvalue weighted by Crippen LogP contribution is -2.40. The number of hydrogen-bond acceptors (Lipinski definition) is 3. The van der Waals surface area contributed by atoms with Crippen molar-refractivity contribution < 1.29 is 14.0 Å². The van der Waals surface area contributed by atoms with Gasteiger partial charge in [0.2, 0.25) is 5.91 Å². The molecule has 1 fully saturated rings. The number of alkyl halides is 1. The molecule has 0 spiro atoms. The molecule has 0 aromatic heterocycles. The third-order valence-electron chi connectivity index (χ3n) is 4.30. The van der Waals surface area contributed by atoms with Crippen molar-refractivity contribution in [2.75, 3.05) is 13.1 Å². The first-order valence-electron chi connectivity index (χ1n) is 7.42. The standard InChI is InChI=1S/C16H19FN2O2/c17-10-7-11(18-8-10)9-19-16(21)14-5-6-15(20)13-4-2-1-3-12(13)14/h1-4,10-11,14,18H,5-9H2,(H,19,21)/t10-,11-,14?/m0/s1. The van der Waals surface area contributed by atoms with Gasteiger partial charge < -0.3 is 10.6 Å². The summed E-state index contributed by atoms with van der Waals surface area (Å²) in [4.78, 5) is 24.2. The number of nitrogens with one attached hydrogen (secondary N) is 2. The van der Waals surface area contributed by atoms with Gasteiger partial charge in [-0.2, -0.15) is 0 Å². The fourth-order valence-corrected chi connectivity index (χ4v) is 3.17. The molecule has 3 atom stereocenters. The summed E-state index contributed by atoms with van der Waals surface area (Å²) in [5, 5.41) is 5.94. The molecule has 0 bridgehead atoms. The number of benzene rings is 1. The molecule has 1 saturated heterocycles. The molecular formula is C16H19FN2O2. The summed E-state index contributed by atoms with van der Waals surface area (Å²) < 4.78 is 13.1. The van der Waals surface area contributed by atoms with E-state index in [0.29, 0.717) is 37.9 Å². The van der Waals surface area contributed by atoms with Gasteiger partial charge in [0.1, 0.15) is 6.17 Å². The van der Waals surface area contributed by atoms with Crippen molar-refractivity contribution in [1.82, 2.24) is 10.6 Å². The number of carbonyl (C=O) groups excluding carboxylic acids is 2. The molecule has 112 valence electrons. The predicted octanol–water partition coefficient (Wildman–Crippen LogP) is 1.56. The molecule has 5 heteroatoms. The molecule has 1 aromatic carbocycles. The van der Waals surface area contributed by atoms with Crippen LogP contribution in [-0.2, 0) is 4.79 Å². The first kappa shape index (κ1) is 14.2. The van der Waals surface area contributed by atoms with Crippen LogP contribution in [0.25, 0.3) is 0 Å².